The van der Waals surface area contributed by atoms with Crippen molar-refractivity contribution in [3.05, 3.63) is 29.6 Å². The van der Waals surface area contributed by atoms with Crippen molar-refractivity contribution >= 4 is 11.6 Å². The normalized spacial score (nSPS) is 16.3. The van der Waals surface area contributed by atoms with Crippen LogP contribution < -0.4 is 11.1 Å². The molecule has 0 unspecified atom stereocenters. The second-order valence-corrected chi connectivity index (χ2v) is 5.28. The van der Waals surface area contributed by atoms with E-state index in [1.165, 1.54) is 50.3 Å². The van der Waals surface area contributed by atoms with E-state index in [0.29, 0.717) is 12.1 Å². The number of hydrogen-bond acceptors (Lipinski definition) is 2. The van der Waals surface area contributed by atoms with Crippen LogP contribution in [0.3, 0.4) is 0 Å². The maximum Gasteiger partial charge on any atom is 0.251 e. The molecule has 1 amide bonds. The molecule has 0 saturated heterocycles. The Bertz CT molecular complexity index is 442. The summed E-state index contributed by atoms with van der Waals surface area (Å²) in [4.78, 5) is 11.9. The first kappa shape index (κ1) is 13.8. The van der Waals surface area contributed by atoms with Crippen LogP contribution in [0.1, 0.15) is 48.9 Å². The second kappa shape index (κ2) is 6.55. The molecule has 0 spiro atoms. The molecular formula is C15H21FN2O. The molecule has 19 heavy (non-hydrogen) atoms. The van der Waals surface area contributed by atoms with Crippen LogP contribution in [0.4, 0.5) is 10.1 Å². The summed E-state index contributed by atoms with van der Waals surface area (Å²) < 4.78 is 13.0. The Labute approximate surface area is 113 Å². The molecule has 104 valence electrons. The zero-order chi connectivity index (χ0) is 13.7. The number of nitrogens with two attached hydrogens (primary N) is 1. The molecule has 3 nitrogen and oxygen atoms in total. The van der Waals surface area contributed by atoms with Crippen LogP contribution in [0.2, 0.25) is 0 Å². The lowest BCUT2D eigenvalue weighted by Gasteiger charge is -2.21. The lowest BCUT2D eigenvalue weighted by molar-refractivity contribution is 0.0950. The minimum absolute atomic E-state index is 0.0138. The van der Waals surface area contributed by atoms with Gasteiger partial charge in [0.05, 0.1) is 5.69 Å². The lowest BCUT2D eigenvalue weighted by atomic mass is 9.87. The molecule has 0 aliphatic heterocycles. The van der Waals surface area contributed by atoms with E-state index >= 15 is 0 Å². The van der Waals surface area contributed by atoms with Gasteiger partial charge < -0.3 is 11.1 Å². The van der Waals surface area contributed by atoms with E-state index in [1.807, 2.05) is 0 Å². The van der Waals surface area contributed by atoms with E-state index in [2.05, 4.69) is 5.32 Å². The SMILES string of the molecule is Nc1cc(C(=O)NCCC2CCCCC2)ccc1F. The predicted octanol–water partition coefficient (Wildman–Crippen LogP) is 3.11. The largest absolute Gasteiger partial charge is 0.396 e. The third-order valence-electron chi connectivity index (χ3n) is 3.82. The minimum Gasteiger partial charge on any atom is -0.396 e. The standard InChI is InChI=1S/C15H21FN2O/c16-13-7-6-12(10-14(13)17)15(19)18-9-8-11-4-2-1-3-5-11/h6-7,10-11H,1-5,8-9,17H2,(H,18,19). The van der Waals surface area contributed by atoms with Gasteiger partial charge >= 0.3 is 0 Å². The maximum absolute atomic E-state index is 13.0. The van der Waals surface area contributed by atoms with Gasteiger partial charge in [0.2, 0.25) is 0 Å². The van der Waals surface area contributed by atoms with Crippen LogP contribution in [0, 0.1) is 11.7 Å². The minimum atomic E-state index is -0.487. The molecule has 1 aliphatic rings. The first-order chi connectivity index (χ1) is 9.16. The van der Waals surface area contributed by atoms with E-state index in [-0.39, 0.29) is 11.6 Å². The van der Waals surface area contributed by atoms with E-state index in [9.17, 15) is 9.18 Å². The molecule has 0 bridgehead atoms. The number of rotatable bonds is 4. The molecule has 1 aliphatic carbocycles. The number of nitrogens with one attached hydrogen (secondary N) is 1. The number of anilines is 1. The molecule has 1 aromatic rings. The van der Waals surface area contributed by atoms with Crippen molar-refractivity contribution in [2.24, 2.45) is 5.92 Å². The van der Waals surface area contributed by atoms with Gasteiger partial charge in [-0.2, -0.15) is 0 Å². The first-order valence-electron chi connectivity index (χ1n) is 7.00. The molecular weight excluding hydrogens is 243 g/mol. The van der Waals surface area contributed by atoms with Gasteiger partial charge in [0, 0.05) is 12.1 Å². The highest BCUT2D eigenvalue weighted by Crippen LogP contribution is 2.25. The summed E-state index contributed by atoms with van der Waals surface area (Å²) >= 11 is 0. The lowest BCUT2D eigenvalue weighted by Crippen LogP contribution is -2.26. The number of benzene rings is 1. The predicted molar refractivity (Wildman–Crippen MR) is 74.3 cm³/mol. The molecule has 2 rings (SSSR count). The van der Waals surface area contributed by atoms with Gasteiger partial charge in [0.15, 0.2) is 0 Å². The molecule has 0 aromatic heterocycles. The Hall–Kier alpha value is -1.58. The van der Waals surface area contributed by atoms with Gasteiger partial charge in [-0.1, -0.05) is 32.1 Å². The summed E-state index contributed by atoms with van der Waals surface area (Å²) in [6.45, 7) is 0.681. The maximum atomic E-state index is 13.0. The van der Waals surface area contributed by atoms with E-state index in [4.69, 9.17) is 5.73 Å². The summed E-state index contributed by atoms with van der Waals surface area (Å²) in [7, 11) is 0. The third-order valence-corrected chi connectivity index (χ3v) is 3.82. The quantitative estimate of drug-likeness (QED) is 0.821. The molecule has 1 aromatic carbocycles. The van der Waals surface area contributed by atoms with Crippen LogP contribution in [0.15, 0.2) is 18.2 Å². The van der Waals surface area contributed by atoms with Crippen LogP contribution >= 0.6 is 0 Å². The van der Waals surface area contributed by atoms with Crippen molar-refractivity contribution in [1.82, 2.24) is 5.32 Å². The molecule has 1 fully saturated rings. The van der Waals surface area contributed by atoms with Crippen molar-refractivity contribution in [3.8, 4) is 0 Å². The van der Waals surface area contributed by atoms with Crippen molar-refractivity contribution in [3.63, 3.8) is 0 Å². The highest BCUT2D eigenvalue weighted by Gasteiger charge is 2.14. The summed E-state index contributed by atoms with van der Waals surface area (Å²) in [5.74, 6) is 0.0774. The van der Waals surface area contributed by atoms with E-state index < -0.39 is 5.82 Å². The average Bonchev–Trinajstić information content (AvgIpc) is 2.43. The molecule has 0 atom stereocenters. The Morgan fingerprint density at radius 3 is 2.74 bits per heavy atom. The molecule has 4 heteroatoms. The van der Waals surface area contributed by atoms with Crippen LogP contribution in [-0.4, -0.2) is 12.5 Å². The van der Waals surface area contributed by atoms with Crippen molar-refractivity contribution in [1.29, 1.82) is 0 Å². The van der Waals surface area contributed by atoms with Crippen molar-refractivity contribution in [2.75, 3.05) is 12.3 Å². The Morgan fingerprint density at radius 1 is 1.32 bits per heavy atom. The zero-order valence-electron chi connectivity index (χ0n) is 11.1. The van der Waals surface area contributed by atoms with Gasteiger partial charge in [-0.25, -0.2) is 4.39 Å². The molecule has 0 heterocycles. The number of halogens is 1. The first-order valence-corrected chi connectivity index (χ1v) is 7.00. The second-order valence-electron chi connectivity index (χ2n) is 5.28. The highest BCUT2D eigenvalue weighted by atomic mass is 19.1. The Kier molecular flexibility index (Phi) is 4.77. The van der Waals surface area contributed by atoms with Gasteiger partial charge in [0.25, 0.3) is 5.91 Å². The topological polar surface area (TPSA) is 55.1 Å². The number of hydrogen-bond donors (Lipinski definition) is 2. The van der Waals surface area contributed by atoms with Gasteiger partial charge in [-0.15, -0.1) is 0 Å². The molecule has 1 saturated carbocycles. The smallest absolute Gasteiger partial charge is 0.251 e. The van der Waals surface area contributed by atoms with Crippen LogP contribution in [-0.2, 0) is 0 Å². The number of amides is 1. The Balaban J connectivity index is 1.78. The fraction of sp³-hybridized carbons (Fsp3) is 0.533. The summed E-state index contributed by atoms with van der Waals surface area (Å²) in [6, 6.07) is 4.07. The van der Waals surface area contributed by atoms with E-state index in [1.54, 1.807) is 0 Å². The third kappa shape index (κ3) is 3.94. The van der Waals surface area contributed by atoms with Crippen LogP contribution in [0.5, 0.6) is 0 Å². The summed E-state index contributed by atoms with van der Waals surface area (Å²) in [5.41, 5.74) is 5.88. The molecule has 0 radical (unpaired) electrons. The van der Waals surface area contributed by atoms with E-state index in [0.717, 1.165) is 12.3 Å². The van der Waals surface area contributed by atoms with Crippen LogP contribution in [0.25, 0.3) is 0 Å². The molecule has 3 N–H and O–H groups in total. The number of nitrogen functional groups attached to an aromatic ring is 1. The van der Waals surface area contributed by atoms with Crippen molar-refractivity contribution in [2.45, 2.75) is 38.5 Å². The fourth-order valence-electron chi connectivity index (χ4n) is 2.65. The highest BCUT2D eigenvalue weighted by molar-refractivity contribution is 5.94. The monoisotopic (exact) mass is 264 g/mol. The van der Waals surface area contributed by atoms with Gasteiger partial charge in [-0.05, 0) is 30.5 Å². The number of carbonyl (C=O) groups excluding carboxylic acids is 1. The van der Waals surface area contributed by atoms with Gasteiger partial charge in [0.1, 0.15) is 5.82 Å². The summed E-state index contributed by atoms with van der Waals surface area (Å²) in [6.07, 6.45) is 7.55. The van der Waals surface area contributed by atoms with Crippen molar-refractivity contribution < 1.29 is 9.18 Å². The average molecular weight is 264 g/mol. The zero-order valence-corrected chi connectivity index (χ0v) is 11.1. The number of carbonyl (C=O) groups is 1. The summed E-state index contributed by atoms with van der Waals surface area (Å²) in [5, 5.41) is 2.88. The fourth-order valence-corrected chi connectivity index (χ4v) is 2.65. The van der Waals surface area contributed by atoms with Gasteiger partial charge in [-0.3, -0.25) is 4.79 Å². The Morgan fingerprint density at radius 2 is 2.05 bits per heavy atom.